The zero-order valence-corrected chi connectivity index (χ0v) is 16.6. The van der Waals surface area contributed by atoms with Gasteiger partial charge in [0.1, 0.15) is 23.6 Å². The van der Waals surface area contributed by atoms with Crippen LogP contribution in [0, 0.1) is 0 Å². The number of H-pyrrole nitrogens is 1. The van der Waals surface area contributed by atoms with Gasteiger partial charge in [-0.2, -0.15) is 0 Å². The molecule has 29 heavy (non-hydrogen) atoms. The number of hydrogen-bond acceptors (Lipinski definition) is 7. The molecule has 1 atom stereocenters. The lowest BCUT2D eigenvalue weighted by Gasteiger charge is -2.36. The van der Waals surface area contributed by atoms with Gasteiger partial charge in [-0.05, 0) is 31.5 Å². The molecule has 1 amide bonds. The molecule has 0 aromatic carbocycles. The highest BCUT2D eigenvalue weighted by Gasteiger charge is 2.39. The molecule has 1 saturated heterocycles. The van der Waals surface area contributed by atoms with Gasteiger partial charge >= 0.3 is 0 Å². The molecule has 1 aliphatic rings. The molecule has 4 heterocycles. The predicted molar refractivity (Wildman–Crippen MR) is 111 cm³/mol. The molecular weight excluding hydrogens is 370 g/mol. The highest BCUT2D eigenvalue weighted by Crippen LogP contribution is 2.34. The van der Waals surface area contributed by atoms with Gasteiger partial charge in [0.15, 0.2) is 0 Å². The number of anilines is 2. The Morgan fingerprint density at radius 3 is 2.97 bits per heavy atom. The lowest BCUT2D eigenvalue weighted by Crippen LogP contribution is -2.46. The van der Waals surface area contributed by atoms with Gasteiger partial charge in [-0.15, -0.1) is 0 Å². The van der Waals surface area contributed by atoms with Crippen molar-refractivity contribution in [1.82, 2.24) is 25.3 Å². The molecule has 152 valence electrons. The van der Waals surface area contributed by atoms with E-state index in [2.05, 4.69) is 42.0 Å². The minimum absolute atomic E-state index is 0.0871. The summed E-state index contributed by atoms with van der Waals surface area (Å²) in [5, 5.41) is 12.5. The molecule has 0 bridgehead atoms. The second kappa shape index (κ2) is 7.67. The number of likely N-dealkylation sites (N-methyl/N-ethyl adjacent to an activating group) is 1. The van der Waals surface area contributed by atoms with Crippen molar-refractivity contribution in [1.29, 1.82) is 0 Å². The van der Waals surface area contributed by atoms with Crippen LogP contribution >= 0.6 is 0 Å². The smallest absolute Gasteiger partial charge is 0.252 e. The molecular formula is C20H25N7O2. The van der Waals surface area contributed by atoms with E-state index >= 15 is 0 Å². The van der Waals surface area contributed by atoms with Crippen LogP contribution in [-0.4, -0.2) is 69.8 Å². The van der Waals surface area contributed by atoms with Gasteiger partial charge in [-0.1, -0.05) is 0 Å². The summed E-state index contributed by atoms with van der Waals surface area (Å²) >= 11 is 0. The summed E-state index contributed by atoms with van der Waals surface area (Å²) in [6.07, 6.45) is 6.00. The Labute approximate surface area is 168 Å². The lowest BCUT2D eigenvalue weighted by molar-refractivity contribution is 0.0944. The molecule has 3 aromatic heterocycles. The summed E-state index contributed by atoms with van der Waals surface area (Å²) in [5.74, 6) is 1.51. The maximum Gasteiger partial charge on any atom is 0.252 e. The summed E-state index contributed by atoms with van der Waals surface area (Å²) in [5.41, 5.74) is 1.19. The van der Waals surface area contributed by atoms with Gasteiger partial charge in [0.25, 0.3) is 5.91 Å². The minimum atomic E-state index is -0.238. The molecule has 3 N–H and O–H groups in total. The van der Waals surface area contributed by atoms with Gasteiger partial charge < -0.3 is 25.2 Å². The normalized spacial score (nSPS) is 18.9. The van der Waals surface area contributed by atoms with E-state index in [1.807, 2.05) is 25.4 Å². The predicted octanol–water partition coefficient (Wildman–Crippen LogP) is 1.18. The van der Waals surface area contributed by atoms with Crippen molar-refractivity contribution in [2.75, 3.05) is 43.1 Å². The Kier molecular flexibility index (Phi) is 5.06. The van der Waals surface area contributed by atoms with E-state index in [1.54, 1.807) is 18.6 Å². The minimum Gasteiger partial charge on any atom is -0.395 e. The molecule has 1 fully saturated rings. The van der Waals surface area contributed by atoms with Crippen LogP contribution in [0.2, 0.25) is 0 Å². The number of rotatable bonds is 6. The maximum atomic E-state index is 12.0. The standard InChI is InChI=1S/C20H25N7O2/c1-20(26(2)16-4-3-14(11-23-16)19(29)22-8-10-28)6-9-27(12-20)18-15-5-7-21-17(15)24-13-25-18/h3-5,7,11,13,28H,6,8-10,12H2,1-2H3,(H,22,29)(H,21,24,25)/t20-/m1/s1. The van der Waals surface area contributed by atoms with Crippen molar-refractivity contribution in [2.45, 2.75) is 18.9 Å². The van der Waals surface area contributed by atoms with E-state index in [0.29, 0.717) is 5.56 Å². The molecule has 1 aliphatic heterocycles. The average molecular weight is 395 g/mol. The Bertz CT molecular complexity index is 1000. The van der Waals surface area contributed by atoms with Crippen molar-refractivity contribution >= 4 is 28.6 Å². The Morgan fingerprint density at radius 2 is 2.21 bits per heavy atom. The second-order valence-corrected chi connectivity index (χ2v) is 7.55. The zero-order valence-electron chi connectivity index (χ0n) is 16.6. The Hall–Kier alpha value is -3.20. The number of hydrogen-bond donors (Lipinski definition) is 3. The summed E-state index contributed by atoms with van der Waals surface area (Å²) in [7, 11) is 2.03. The van der Waals surface area contributed by atoms with Crippen LogP contribution in [0.3, 0.4) is 0 Å². The van der Waals surface area contributed by atoms with Crippen LogP contribution in [0.15, 0.2) is 36.9 Å². The van der Waals surface area contributed by atoms with E-state index < -0.39 is 0 Å². The van der Waals surface area contributed by atoms with E-state index in [1.165, 1.54) is 0 Å². The first-order chi connectivity index (χ1) is 14.0. The zero-order chi connectivity index (χ0) is 20.4. The summed E-state index contributed by atoms with van der Waals surface area (Å²) < 4.78 is 0. The Morgan fingerprint density at radius 1 is 1.34 bits per heavy atom. The van der Waals surface area contributed by atoms with Crippen molar-refractivity contribution < 1.29 is 9.90 Å². The van der Waals surface area contributed by atoms with Crippen molar-refractivity contribution in [3.05, 3.63) is 42.5 Å². The molecule has 3 aromatic rings. The summed E-state index contributed by atoms with van der Waals surface area (Å²) in [4.78, 5) is 32.9. The maximum absolute atomic E-state index is 12.0. The van der Waals surface area contributed by atoms with Gasteiger partial charge in [0.2, 0.25) is 0 Å². The Balaban J connectivity index is 1.49. The third kappa shape index (κ3) is 3.61. The van der Waals surface area contributed by atoms with Crippen LogP contribution in [0.5, 0.6) is 0 Å². The van der Waals surface area contributed by atoms with Crippen LogP contribution in [0.1, 0.15) is 23.7 Å². The monoisotopic (exact) mass is 395 g/mol. The van der Waals surface area contributed by atoms with Crippen LogP contribution in [-0.2, 0) is 0 Å². The molecule has 4 rings (SSSR count). The highest BCUT2D eigenvalue weighted by atomic mass is 16.3. The fourth-order valence-electron chi connectivity index (χ4n) is 3.78. The molecule has 0 spiro atoms. The molecule has 0 saturated carbocycles. The van der Waals surface area contributed by atoms with Crippen LogP contribution < -0.4 is 15.1 Å². The number of nitrogens with zero attached hydrogens (tertiary/aromatic N) is 5. The van der Waals surface area contributed by atoms with E-state index in [-0.39, 0.29) is 24.6 Å². The first-order valence-corrected chi connectivity index (χ1v) is 9.64. The van der Waals surface area contributed by atoms with E-state index in [0.717, 1.165) is 42.2 Å². The van der Waals surface area contributed by atoms with Gasteiger partial charge in [-0.25, -0.2) is 15.0 Å². The summed E-state index contributed by atoms with van der Waals surface area (Å²) in [6, 6.07) is 5.62. The number of aromatic nitrogens is 4. The quantitative estimate of drug-likeness (QED) is 0.575. The van der Waals surface area contributed by atoms with Gasteiger partial charge in [0, 0.05) is 39.1 Å². The van der Waals surface area contributed by atoms with E-state index in [9.17, 15) is 4.79 Å². The lowest BCUT2D eigenvalue weighted by atomic mass is 9.99. The molecule has 0 unspecified atom stereocenters. The SMILES string of the molecule is CN(c1ccc(C(=O)NCCO)cn1)[C@]1(C)CCN(c2ncnc3[nH]ccc23)C1. The number of aromatic amines is 1. The van der Waals surface area contributed by atoms with Crippen molar-refractivity contribution in [3.8, 4) is 0 Å². The van der Waals surface area contributed by atoms with Crippen LogP contribution in [0.25, 0.3) is 11.0 Å². The third-order valence-electron chi connectivity index (χ3n) is 5.65. The molecule has 9 heteroatoms. The topological polar surface area (TPSA) is 110 Å². The molecule has 0 radical (unpaired) electrons. The largest absolute Gasteiger partial charge is 0.395 e. The van der Waals surface area contributed by atoms with E-state index in [4.69, 9.17) is 5.11 Å². The number of amides is 1. The molecule has 0 aliphatic carbocycles. The van der Waals surface area contributed by atoms with Gasteiger partial charge in [-0.3, -0.25) is 4.79 Å². The first kappa shape index (κ1) is 19.1. The third-order valence-corrected chi connectivity index (χ3v) is 5.65. The highest BCUT2D eigenvalue weighted by molar-refractivity contribution is 5.94. The second-order valence-electron chi connectivity index (χ2n) is 7.55. The van der Waals surface area contributed by atoms with Crippen molar-refractivity contribution in [3.63, 3.8) is 0 Å². The number of fused-ring (bicyclic) bond motifs is 1. The average Bonchev–Trinajstić information content (AvgIpc) is 3.39. The number of pyridine rings is 1. The number of nitrogens with one attached hydrogen (secondary N) is 2. The summed E-state index contributed by atoms with van der Waals surface area (Å²) in [6.45, 7) is 4.05. The molecule has 9 nitrogen and oxygen atoms in total. The number of carbonyl (C=O) groups is 1. The van der Waals surface area contributed by atoms with Gasteiger partial charge in [0.05, 0.1) is 23.1 Å². The fraction of sp³-hybridized carbons (Fsp3) is 0.400. The fourth-order valence-corrected chi connectivity index (χ4v) is 3.78. The number of aliphatic hydroxyl groups is 1. The van der Waals surface area contributed by atoms with Crippen LogP contribution in [0.4, 0.5) is 11.6 Å². The number of aliphatic hydroxyl groups excluding tert-OH is 1. The van der Waals surface area contributed by atoms with Crippen molar-refractivity contribution in [2.24, 2.45) is 0 Å². The number of carbonyl (C=O) groups excluding carboxylic acids is 1. The first-order valence-electron chi connectivity index (χ1n) is 9.64.